The van der Waals surface area contributed by atoms with Crippen LogP contribution < -0.4 is 5.32 Å². The van der Waals surface area contributed by atoms with Crippen LogP contribution in [0, 0.1) is 0 Å². The van der Waals surface area contributed by atoms with Gasteiger partial charge in [0.2, 0.25) is 11.7 Å². The average molecular weight is 273 g/mol. The molecule has 0 aliphatic carbocycles. The Balaban J connectivity index is 1.79. The summed E-state index contributed by atoms with van der Waals surface area (Å²) in [5, 5.41) is 7.47. The van der Waals surface area contributed by atoms with Gasteiger partial charge in [0, 0.05) is 18.7 Å². The molecule has 0 unspecified atom stereocenters. The molecule has 3 rings (SSSR count). The summed E-state index contributed by atoms with van der Waals surface area (Å²) in [6.45, 7) is 6.46. The zero-order valence-corrected chi connectivity index (χ0v) is 12.0. The second-order valence-corrected chi connectivity index (χ2v) is 5.46. The van der Waals surface area contributed by atoms with Crippen molar-refractivity contribution in [1.82, 2.24) is 10.1 Å². The fraction of sp³-hybridized carbons (Fsp3) is 0.467. The topological polar surface area (TPSA) is 60.2 Å². The molecule has 0 spiro atoms. The number of fused-ring (bicyclic) bond motifs is 1. The number of ether oxygens (including phenoxy) is 1. The maximum Gasteiger partial charge on any atom is 0.249 e. The van der Waals surface area contributed by atoms with Crippen molar-refractivity contribution < 1.29 is 9.26 Å². The summed E-state index contributed by atoms with van der Waals surface area (Å²) in [5.41, 5.74) is 1.89. The Morgan fingerprint density at radius 3 is 2.95 bits per heavy atom. The van der Waals surface area contributed by atoms with Crippen LogP contribution in [-0.4, -0.2) is 16.7 Å². The largest absolute Gasteiger partial charge is 0.373 e. The lowest BCUT2D eigenvalue weighted by Crippen LogP contribution is -2.23. The molecule has 1 aromatic carbocycles. The number of nitrogens with zero attached hydrogens (tertiary/aromatic N) is 2. The van der Waals surface area contributed by atoms with Gasteiger partial charge in [-0.2, -0.15) is 4.98 Å². The van der Waals surface area contributed by atoms with Crippen LogP contribution in [0.2, 0.25) is 0 Å². The molecule has 0 bridgehead atoms. The van der Waals surface area contributed by atoms with Gasteiger partial charge in [0.1, 0.15) is 11.6 Å². The maximum atomic E-state index is 5.65. The van der Waals surface area contributed by atoms with Crippen LogP contribution in [0.25, 0.3) is 0 Å². The van der Waals surface area contributed by atoms with E-state index in [4.69, 9.17) is 9.26 Å². The van der Waals surface area contributed by atoms with Gasteiger partial charge in [-0.3, -0.25) is 0 Å². The van der Waals surface area contributed by atoms with Gasteiger partial charge in [0.15, 0.2) is 0 Å². The number of hydrogen-bond donors (Lipinski definition) is 1. The fourth-order valence-corrected chi connectivity index (χ4v) is 2.49. The van der Waals surface area contributed by atoms with Gasteiger partial charge in [0.25, 0.3) is 0 Å². The first-order valence-corrected chi connectivity index (χ1v) is 6.92. The zero-order chi connectivity index (χ0) is 14.2. The highest BCUT2D eigenvalue weighted by Gasteiger charge is 2.31. The first-order valence-electron chi connectivity index (χ1n) is 6.92. The Bertz CT molecular complexity index is 582. The van der Waals surface area contributed by atoms with Gasteiger partial charge in [-0.05, 0) is 32.4 Å². The van der Waals surface area contributed by atoms with Gasteiger partial charge >= 0.3 is 0 Å². The summed E-state index contributed by atoms with van der Waals surface area (Å²) >= 11 is 0. The Kier molecular flexibility index (Phi) is 3.22. The van der Waals surface area contributed by atoms with Crippen molar-refractivity contribution in [3.8, 4) is 0 Å². The van der Waals surface area contributed by atoms with E-state index < -0.39 is 5.60 Å². The number of benzene rings is 1. The lowest BCUT2D eigenvalue weighted by molar-refractivity contribution is -0.0221. The smallest absolute Gasteiger partial charge is 0.249 e. The van der Waals surface area contributed by atoms with E-state index in [0.717, 1.165) is 12.1 Å². The van der Waals surface area contributed by atoms with Gasteiger partial charge in [-0.25, -0.2) is 0 Å². The van der Waals surface area contributed by atoms with E-state index in [0.29, 0.717) is 18.3 Å². The van der Waals surface area contributed by atoms with E-state index in [9.17, 15) is 0 Å². The first-order chi connectivity index (χ1) is 9.60. The summed E-state index contributed by atoms with van der Waals surface area (Å²) in [6.07, 6.45) is 0.868. The second-order valence-electron chi connectivity index (χ2n) is 5.46. The summed E-state index contributed by atoms with van der Waals surface area (Å²) in [5.74, 6) is 1.20. The molecule has 2 heterocycles. The van der Waals surface area contributed by atoms with E-state index in [1.165, 1.54) is 5.56 Å². The van der Waals surface area contributed by atoms with Gasteiger partial charge in [-0.15, -0.1) is 0 Å². The van der Waals surface area contributed by atoms with E-state index in [-0.39, 0.29) is 6.04 Å². The van der Waals surface area contributed by atoms with Crippen LogP contribution in [0.1, 0.15) is 44.1 Å². The van der Waals surface area contributed by atoms with Crippen molar-refractivity contribution in [2.45, 2.75) is 38.8 Å². The zero-order valence-electron chi connectivity index (χ0n) is 12.0. The molecule has 1 atom stereocenters. The molecule has 0 amide bonds. The molecule has 5 heteroatoms. The third-order valence-corrected chi connectivity index (χ3v) is 3.55. The van der Waals surface area contributed by atoms with E-state index in [1.54, 1.807) is 0 Å². The van der Waals surface area contributed by atoms with Crippen molar-refractivity contribution in [3.63, 3.8) is 0 Å². The number of rotatable bonds is 4. The number of hydrogen-bond acceptors (Lipinski definition) is 5. The Morgan fingerprint density at radius 2 is 2.20 bits per heavy atom. The van der Waals surface area contributed by atoms with Gasteiger partial charge in [-0.1, -0.05) is 23.4 Å². The van der Waals surface area contributed by atoms with Crippen LogP contribution in [0.15, 0.2) is 28.8 Å². The molecule has 1 aliphatic rings. The average Bonchev–Trinajstić information content (AvgIpc) is 3.05. The molecule has 1 aromatic heterocycles. The molecule has 0 radical (unpaired) electrons. The van der Waals surface area contributed by atoms with Crippen molar-refractivity contribution in [3.05, 3.63) is 41.5 Å². The van der Waals surface area contributed by atoms with Crippen molar-refractivity contribution in [2.24, 2.45) is 0 Å². The normalized spacial score (nSPS) is 17.9. The lowest BCUT2D eigenvalue weighted by Gasteiger charge is -2.19. The molecule has 1 N–H and O–H groups in total. The minimum absolute atomic E-state index is 0.0473. The molecule has 0 saturated carbocycles. The van der Waals surface area contributed by atoms with Crippen molar-refractivity contribution in [2.75, 3.05) is 11.9 Å². The molecule has 0 saturated heterocycles. The van der Waals surface area contributed by atoms with Crippen LogP contribution in [0.4, 0.5) is 5.69 Å². The van der Waals surface area contributed by atoms with Gasteiger partial charge in [0.05, 0.1) is 0 Å². The van der Waals surface area contributed by atoms with Crippen LogP contribution >= 0.6 is 0 Å². The molecule has 0 fully saturated rings. The molecule has 106 valence electrons. The number of para-hydroxylation sites is 1. The summed E-state index contributed by atoms with van der Waals surface area (Å²) in [6, 6.07) is 8.29. The Labute approximate surface area is 118 Å². The first kappa shape index (κ1) is 13.1. The second kappa shape index (κ2) is 4.90. The summed E-state index contributed by atoms with van der Waals surface area (Å²) in [4.78, 5) is 4.50. The monoisotopic (exact) mass is 273 g/mol. The Morgan fingerprint density at radius 1 is 1.40 bits per heavy atom. The number of anilines is 1. The molecule has 1 aliphatic heterocycles. The molecular weight excluding hydrogens is 254 g/mol. The standard InChI is InChI=1S/C15H19N3O2/c1-4-19-15(2,3)14-17-13(20-18-14)12-9-10-7-5-6-8-11(10)16-12/h5-8,12,16H,4,9H2,1-3H3/t12-/m0/s1. The summed E-state index contributed by atoms with van der Waals surface area (Å²) < 4.78 is 11.1. The van der Waals surface area contributed by atoms with E-state index >= 15 is 0 Å². The maximum absolute atomic E-state index is 5.65. The minimum Gasteiger partial charge on any atom is -0.373 e. The summed E-state index contributed by atoms with van der Waals surface area (Å²) in [7, 11) is 0. The van der Waals surface area contributed by atoms with E-state index in [2.05, 4.69) is 27.6 Å². The minimum atomic E-state index is -0.526. The van der Waals surface area contributed by atoms with Crippen molar-refractivity contribution in [1.29, 1.82) is 0 Å². The van der Waals surface area contributed by atoms with Gasteiger partial charge < -0.3 is 14.6 Å². The fourth-order valence-electron chi connectivity index (χ4n) is 2.49. The molecular formula is C15H19N3O2. The Hall–Kier alpha value is -1.88. The SMILES string of the molecule is CCOC(C)(C)c1noc([C@@H]2Cc3ccccc3N2)n1. The molecule has 2 aromatic rings. The predicted octanol–water partition coefficient (Wildman–Crippen LogP) is 3.05. The van der Waals surface area contributed by atoms with E-state index in [1.807, 2.05) is 32.9 Å². The number of aromatic nitrogens is 2. The van der Waals surface area contributed by atoms with Crippen molar-refractivity contribution >= 4 is 5.69 Å². The predicted molar refractivity (Wildman–Crippen MR) is 75.5 cm³/mol. The highest BCUT2D eigenvalue weighted by Crippen LogP contribution is 2.34. The third kappa shape index (κ3) is 2.29. The third-order valence-electron chi connectivity index (χ3n) is 3.55. The highest BCUT2D eigenvalue weighted by atomic mass is 16.5. The van der Waals surface area contributed by atoms with Crippen LogP contribution in [0.5, 0.6) is 0 Å². The highest BCUT2D eigenvalue weighted by molar-refractivity contribution is 5.56. The molecule has 20 heavy (non-hydrogen) atoms. The van der Waals surface area contributed by atoms with Crippen LogP contribution in [0.3, 0.4) is 0 Å². The lowest BCUT2D eigenvalue weighted by atomic mass is 10.1. The number of nitrogens with one attached hydrogen (secondary N) is 1. The quantitative estimate of drug-likeness (QED) is 0.927. The molecule has 5 nitrogen and oxygen atoms in total. The van der Waals surface area contributed by atoms with Crippen LogP contribution in [-0.2, 0) is 16.8 Å².